The third-order valence-electron chi connectivity index (χ3n) is 2.73. The molecule has 1 aromatic heterocycles. The molecule has 0 fully saturated rings. The van der Waals surface area contributed by atoms with Gasteiger partial charge in [-0.15, -0.1) is 22.9 Å². The molecule has 0 bridgehead atoms. The van der Waals surface area contributed by atoms with Gasteiger partial charge >= 0.3 is 0 Å². The minimum atomic E-state index is -0.291. The predicted octanol–water partition coefficient (Wildman–Crippen LogP) is 6.38. The van der Waals surface area contributed by atoms with Crippen LogP contribution in [0, 0.1) is 0 Å². The zero-order chi connectivity index (χ0) is 14.9. The monoisotopic (exact) mass is 502 g/mol. The number of ether oxygens (including phenoxy) is 2. The normalized spacial score (nSPS) is 12.3. The van der Waals surface area contributed by atoms with Crippen molar-refractivity contribution in [2.75, 3.05) is 14.2 Å². The van der Waals surface area contributed by atoms with Gasteiger partial charge < -0.3 is 9.47 Å². The van der Waals surface area contributed by atoms with Gasteiger partial charge in [0.05, 0.1) is 27.2 Å². The largest absolute Gasteiger partial charge is 0.493 e. The van der Waals surface area contributed by atoms with Crippen molar-refractivity contribution in [3.8, 4) is 11.5 Å². The topological polar surface area (TPSA) is 18.5 Å². The molecule has 1 aromatic carbocycles. The maximum absolute atomic E-state index is 6.61. The lowest BCUT2D eigenvalue weighted by Crippen LogP contribution is -1.97. The highest BCUT2D eigenvalue weighted by atomic mass is 79.9. The van der Waals surface area contributed by atoms with Crippen LogP contribution in [0.25, 0.3) is 0 Å². The molecule has 0 aliphatic carbocycles. The molecule has 2 aromatic rings. The highest BCUT2D eigenvalue weighted by Gasteiger charge is 2.21. The van der Waals surface area contributed by atoms with Gasteiger partial charge in [-0.25, -0.2) is 0 Å². The van der Waals surface area contributed by atoms with E-state index in [1.807, 2.05) is 18.2 Å². The van der Waals surface area contributed by atoms with Crippen LogP contribution in [0.1, 0.15) is 16.5 Å². The number of hydrogen-bond donors (Lipinski definition) is 0. The van der Waals surface area contributed by atoms with Gasteiger partial charge in [-0.1, -0.05) is 15.9 Å². The quantitative estimate of drug-likeness (QED) is 0.449. The molecule has 2 rings (SSSR count). The van der Waals surface area contributed by atoms with Crippen molar-refractivity contribution >= 4 is 70.7 Å². The molecule has 1 heterocycles. The summed E-state index contributed by atoms with van der Waals surface area (Å²) in [5, 5.41) is -0.291. The Labute approximate surface area is 151 Å². The van der Waals surface area contributed by atoms with E-state index in [2.05, 4.69) is 47.8 Å². The first-order valence-electron chi connectivity index (χ1n) is 5.48. The van der Waals surface area contributed by atoms with Crippen molar-refractivity contribution < 1.29 is 9.47 Å². The third-order valence-corrected chi connectivity index (χ3v) is 6.27. The Hall–Kier alpha value is 0.250. The van der Waals surface area contributed by atoms with E-state index in [4.69, 9.17) is 21.1 Å². The van der Waals surface area contributed by atoms with Gasteiger partial charge in [0.2, 0.25) is 0 Å². The highest BCUT2D eigenvalue weighted by molar-refractivity contribution is 9.12. The molecule has 0 saturated carbocycles. The first-order chi connectivity index (χ1) is 9.47. The molecule has 2 nitrogen and oxygen atoms in total. The summed E-state index contributed by atoms with van der Waals surface area (Å²) in [6.07, 6.45) is 0. The minimum absolute atomic E-state index is 0.291. The number of methoxy groups -OCH3 is 2. The van der Waals surface area contributed by atoms with Crippen molar-refractivity contribution in [1.29, 1.82) is 0 Å². The van der Waals surface area contributed by atoms with Crippen LogP contribution in [-0.2, 0) is 0 Å². The molecule has 0 N–H and O–H groups in total. The van der Waals surface area contributed by atoms with E-state index in [0.29, 0.717) is 11.5 Å². The minimum Gasteiger partial charge on any atom is -0.493 e. The second-order valence-corrected chi connectivity index (χ2v) is 8.91. The second-order valence-electron chi connectivity index (χ2n) is 3.87. The number of benzene rings is 1. The SMILES string of the molecule is COc1cc(Br)c(C(Cl)c2cc(Br)sc2Br)cc1OC. The van der Waals surface area contributed by atoms with E-state index < -0.39 is 0 Å². The van der Waals surface area contributed by atoms with Crippen molar-refractivity contribution in [2.24, 2.45) is 0 Å². The number of hydrogen-bond acceptors (Lipinski definition) is 3. The lowest BCUT2D eigenvalue weighted by molar-refractivity contribution is 0.354. The molecule has 0 aliphatic heterocycles. The molecule has 0 radical (unpaired) electrons. The molecule has 0 saturated heterocycles. The van der Waals surface area contributed by atoms with Gasteiger partial charge in [0.1, 0.15) is 0 Å². The van der Waals surface area contributed by atoms with E-state index in [1.165, 1.54) is 0 Å². The Morgan fingerprint density at radius 2 is 1.60 bits per heavy atom. The van der Waals surface area contributed by atoms with Crippen LogP contribution in [0.3, 0.4) is 0 Å². The van der Waals surface area contributed by atoms with Crippen molar-refractivity contribution in [3.63, 3.8) is 0 Å². The molecule has 1 unspecified atom stereocenters. The molecular weight excluding hydrogens is 495 g/mol. The molecule has 20 heavy (non-hydrogen) atoms. The Morgan fingerprint density at radius 1 is 1.00 bits per heavy atom. The lowest BCUT2D eigenvalue weighted by Gasteiger charge is -2.15. The first-order valence-corrected chi connectivity index (χ1v) is 9.11. The predicted molar refractivity (Wildman–Crippen MR) is 94.7 cm³/mol. The van der Waals surface area contributed by atoms with E-state index in [0.717, 1.165) is 23.2 Å². The van der Waals surface area contributed by atoms with Crippen LogP contribution in [0.4, 0.5) is 0 Å². The molecule has 7 heteroatoms. The van der Waals surface area contributed by atoms with E-state index in [-0.39, 0.29) is 5.38 Å². The lowest BCUT2D eigenvalue weighted by atomic mass is 10.1. The number of rotatable bonds is 4. The second kappa shape index (κ2) is 7.01. The summed E-state index contributed by atoms with van der Waals surface area (Å²) >= 11 is 18.7. The molecule has 0 amide bonds. The van der Waals surface area contributed by atoms with E-state index >= 15 is 0 Å². The number of alkyl halides is 1. The fourth-order valence-corrected chi connectivity index (χ4v) is 5.89. The van der Waals surface area contributed by atoms with Crippen LogP contribution in [0.15, 0.2) is 30.2 Å². The number of thiophene rings is 1. The standard InChI is InChI=1S/C13H10Br3ClO2S/c1-18-9-3-6(8(14)5-10(9)19-2)12(17)7-4-11(15)20-13(7)16/h3-5,12H,1-2H3. The van der Waals surface area contributed by atoms with Gasteiger partial charge in [0, 0.05) is 10.0 Å². The van der Waals surface area contributed by atoms with Gasteiger partial charge in [0.25, 0.3) is 0 Å². The van der Waals surface area contributed by atoms with Crippen LogP contribution < -0.4 is 9.47 Å². The zero-order valence-electron chi connectivity index (χ0n) is 10.5. The Bertz CT molecular complexity index is 630. The maximum atomic E-state index is 6.61. The Morgan fingerprint density at radius 3 is 2.10 bits per heavy atom. The smallest absolute Gasteiger partial charge is 0.161 e. The van der Waals surface area contributed by atoms with E-state index in [9.17, 15) is 0 Å². The van der Waals surface area contributed by atoms with E-state index in [1.54, 1.807) is 25.6 Å². The van der Waals surface area contributed by atoms with Gasteiger partial charge in [-0.2, -0.15) is 0 Å². The Balaban J connectivity index is 2.49. The zero-order valence-corrected chi connectivity index (χ0v) is 16.9. The average molecular weight is 505 g/mol. The summed E-state index contributed by atoms with van der Waals surface area (Å²) in [5.41, 5.74) is 1.94. The Kier molecular flexibility index (Phi) is 5.82. The number of halogens is 4. The van der Waals surface area contributed by atoms with Gasteiger partial charge in [0.15, 0.2) is 11.5 Å². The first kappa shape index (κ1) is 16.6. The van der Waals surface area contributed by atoms with Gasteiger partial charge in [-0.3, -0.25) is 0 Å². The fraction of sp³-hybridized carbons (Fsp3) is 0.231. The summed E-state index contributed by atoms with van der Waals surface area (Å²) < 4.78 is 13.5. The van der Waals surface area contributed by atoms with Crippen molar-refractivity contribution in [2.45, 2.75) is 5.38 Å². The fourth-order valence-electron chi connectivity index (χ4n) is 1.76. The van der Waals surface area contributed by atoms with Crippen LogP contribution in [-0.4, -0.2) is 14.2 Å². The van der Waals surface area contributed by atoms with Crippen molar-refractivity contribution in [1.82, 2.24) is 0 Å². The summed E-state index contributed by atoms with van der Waals surface area (Å²) in [7, 11) is 3.21. The summed E-state index contributed by atoms with van der Waals surface area (Å²) in [6.45, 7) is 0. The molecule has 108 valence electrons. The summed E-state index contributed by atoms with van der Waals surface area (Å²) in [6, 6.07) is 5.76. The molecule has 0 spiro atoms. The van der Waals surface area contributed by atoms with Crippen LogP contribution in [0.5, 0.6) is 11.5 Å². The third kappa shape index (κ3) is 3.35. The maximum Gasteiger partial charge on any atom is 0.161 e. The molecular formula is C13H10Br3ClO2S. The van der Waals surface area contributed by atoms with Crippen LogP contribution in [0.2, 0.25) is 0 Å². The molecule has 1 atom stereocenters. The molecule has 0 aliphatic rings. The highest BCUT2D eigenvalue weighted by Crippen LogP contribution is 2.45. The average Bonchev–Trinajstić information content (AvgIpc) is 2.76. The summed E-state index contributed by atoms with van der Waals surface area (Å²) in [5.74, 6) is 1.32. The summed E-state index contributed by atoms with van der Waals surface area (Å²) in [4.78, 5) is 0. The van der Waals surface area contributed by atoms with Gasteiger partial charge in [-0.05, 0) is 55.6 Å². The van der Waals surface area contributed by atoms with Crippen LogP contribution >= 0.6 is 70.7 Å². The van der Waals surface area contributed by atoms with Crippen molar-refractivity contribution in [3.05, 3.63) is 41.4 Å².